The Morgan fingerprint density at radius 2 is 2.08 bits per heavy atom. The van der Waals surface area contributed by atoms with Crippen LogP contribution in [0.25, 0.3) is 0 Å². The van der Waals surface area contributed by atoms with Gasteiger partial charge in [0.25, 0.3) is 0 Å². The van der Waals surface area contributed by atoms with Crippen LogP contribution in [0.1, 0.15) is 18.4 Å². The number of amides is 2. The highest BCUT2D eigenvalue weighted by Gasteiger charge is 2.21. The lowest BCUT2D eigenvalue weighted by molar-refractivity contribution is -0.136. The molecular weight excluding hydrogens is 336 g/mol. The minimum absolute atomic E-state index is 0.425. The van der Waals surface area contributed by atoms with E-state index in [4.69, 9.17) is 0 Å². The van der Waals surface area contributed by atoms with Gasteiger partial charge in [0, 0.05) is 19.3 Å². The molecule has 1 aliphatic heterocycles. The maximum atomic E-state index is 11.9. The number of hydrogen-bond acceptors (Lipinski definition) is 5. The zero-order chi connectivity index (χ0) is 17.5. The van der Waals surface area contributed by atoms with Gasteiger partial charge in [0.15, 0.2) is 0 Å². The van der Waals surface area contributed by atoms with E-state index >= 15 is 0 Å². The van der Waals surface area contributed by atoms with Gasteiger partial charge in [-0.1, -0.05) is 0 Å². The fourth-order valence-electron chi connectivity index (χ4n) is 2.93. The molecule has 0 saturated carbocycles. The Bertz CT molecular complexity index is 682. The normalized spacial score (nSPS) is 15.7. The summed E-state index contributed by atoms with van der Waals surface area (Å²) in [5.74, 6) is -0.818. The summed E-state index contributed by atoms with van der Waals surface area (Å²) < 4.78 is 0. The molecule has 1 aliphatic rings. The predicted molar refractivity (Wildman–Crippen MR) is 98.2 cm³/mol. The first-order valence-electron chi connectivity index (χ1n) is 8.43. The number of nitrogens with one attached hydrogen (secondary N) is 2. The molecule has 25 heavy (non-hydrogen) atoms. The molecule has 2 aromatic heterocycles. The number of nitrogens with zero attached hydrogens (tertiary/aromatic N) is 2. The fourth-order valence-corrected chi connectivity index (χ4v) is 3.59. The van der Waals surface area contributed by atoms with Crippen LogP contribution in [0.3, 0.4) is 0 Å². The van der Waals surface area contributed by atoms with Gasteiger partial charge in [-0.3, -0.25) is 19.5 Å². The number of anilines is 1. The lowest BCUT2D eigenvalue weighted by Gasteiger charge is -2.31. The molecule has 6 nitrogen and oxygen atoms in total. The molecule has 0 bridgehead atoms. The van der Waals surface area contributed by atoms with Crippen LogP contribution in [0.2, 0.25) is 0 Å². The lowest BCUT2D eigenvalue weighted by atomic mass is 9.96. The summed E-state index contributed by atoms with van der Waals surface area (Å²) in [6, 6.07) is 5.57. The van der Waals surface area contributed by atoms with E-state index in [1.165, 1.54) is 11.8 Å². The van der Waals surface area contributed by atoms with Crippen LogP contribution in [0, 0.1) is 5.92 Å². The number of hydrogen-bond donors (Lipinski definition) is 2. The molecule has 2 aromatic rings. The van der Waals surface area contributed by atoms with Crippen LogP contribution in [0.5, 0.6) is 0 Å². The zero-order valence-electron chi connectivity index (χ0n) is 14.0. The van der Waals surface area contributed by atoms with Crippen molar-refractivity contribution < 1.29 is 9.59 Å². The van der Waals surface area contributed by atoms with Crippen molar-refractivity contribution in [2.24, 2.45) is 5.92 Å². The second-order valence-corrected chi connectivity index (χ2v) is 7.04. The number of rotatable bonds is 5. The number of pyridine rings is 1. The smallest absolute Gasteiger partial charge is 0.313 e. The standard InChI is InChI=1S/C18H22N4O2S/c23-17(18(24)21-16-2-1-6-19-11-16)20-10-14-3-7-22(8-4-14)12-15-5-9-25-13-15/h1-2,5-6,9,11,13-14H,3-4,7-8,10,12H2,(H,20,23)(H,21,24). The van der Waals surface area contributed by atoms with Gasteiger partial charge < -0.3 is 10.6 Å². The number of carbonyl (C=O) groups is 2. The zero-order valence-corrected chi connectivity index (χ0v) is 14.8. The molecule has 0 unspecified atom stereocenters. The SMILES string of the molecule is O=C(NCC1CCN(Cc2ccsc2)CC1)C(=O)Nc1cccnc1. The average molecular weight is 358 g/mol. The molecule has 3 rings (SSSR count). The van der Waals surface area contributed by atoms with E-state index in [2.05, 4.69) is 37.3 Å². The van der Waals surface area contributed by atoms with Crippen LogP contribution >= 0.6 is 11.3 Å². The Labute approximate surface area is 151 Å². The summed E-state index contributed by atoms with van der Waals surface area (Å²) in [4.78, 5) is 30.1. The van der Waals surface area contributed by atoms with Crippen LogP contribution in [0.15, 0.2) is 41.4 Å². The maximum absolute atomic E-state index is 11.9. The molecule has 0 radical (unpaired) electrons. The van der Waals surface area contributed by atoms with Crippen LogP contribution in [-0.2, 0) is 16.1 Å². The molecule has 0 aliphatic carbocycles. The number of aromatic nitrogens is 1. The minimum atomic E-state index is -0.650. The molecule has 132 valence electrons. The molecule has 0 spiro atoms. The molecule has 1 saturated heterocycles. The summed E-state index contributed by atoms with van der Waals surface area (Å²) in [7, 11) is 0. The summed E-state index contributed by atoms with van der Waals surface area (Å²) in [5.41, 5.74) is 1.88. The van der Waals surface area contributed by atoms with E-state index in [-0.39, 0.29) is 0 Å². The quantitative estimate of drug-likeness (QED) is 0.803. The Kier molecular flexibility index (Phi) is 6.14. The predicted octanol–water partition coefficient (Wildman–Crippen LogP) is 2.11. The molecular formula is C18H22N4O2S. The Morgan fingerprint density at radius 1 is 1.24 bits per heavy atom. The first-order chi connectivity index (χ1) is 12.2. The number of thiophene rings is 1. The van der Waals surface area contributed by atoms with Gasteiger partial charge in [-0.05, 0) is 66.4 Å². The summed E-state index contributed by atoms with van der Waals surface area (Å²) >= 11 is 1.73. The topological polar surface area (TPSA) is 74.3 Å². The molecule has 7 heteroatoms. The number of carbonyl (C=O) groups excluding carboxylic acids is 2. The van der Waals surface area contributed by atoms with Gasteiger partial charge in [0.1, 0.15) is 0 Å². The van der Waals surface area contributed by atoms with E-state index in [0.717, 1.165) is 32.5 Å². The summed E-state index contributed by atoms with van der Waals surface area (Å²) in [5, 5.41) is 9.58. The van der Waals surface area contributed by atoms with Crippen molar-refractivity contribution in [1.82, 2.24) is 15.2 Å². The Balaban J connectivity index is 1.36. The summed E-state index contributed by atoms with van der Waals surface area (Å²) in [6.07, 6.45) is 5.19. The Morgan fingerprint density at radius 3 is 2.76 bits per heavy atom. The van der Waals surface area contributed by atoms with Crippen LogP contribution < -0.4 is 10.6 Å². The molecule has 0 atom stereocenters. The largest absolute Gasteiger partial charge is 0.348 e. The van der Waals surface area contributed by atoms with E-state index in [9.17, 15) is 9.59 Å². The summed E-state index contributed by atoms with van der Waals surface area (Å²) in [6.45, 7) is 3.60. The lowest BCUT2D eigenvalue weighted by Crippen LogP contribution is -2.41. The van der Waals surface area contributed by atoms with Gasteiger partial charge >= 0.3 is 11.8 Å². The molecule has 0 aromatic carbocycles. The highest BCUT2D eigenvalue weighted by Crippen LogP contribution is 2.19. The van der Waals surface area contributed by atoms with Crippen LogP contribution in [0.4, 0.5) is 5.69 Å². The van der Waals surface area contributed by atoms with Gasteiger partial charge in [-0.25, -0.2) is 0 Å². The van der Waals surface area contributed by atoms with Crippen molar-refractivity contribution >= 4 is 28.8 Å². The average Bonchev–Trinajstić information content (AvgIpc) is 3.14. The molecule has 2 N–H and O–H groups in total. The van der Waals surface area contributed by atoms with E-state index < -0.39 is 11.8 Å². The molecule has 3 heterocycles. The van der Waals surface area contributed by atoms with Crippen molar-refractivity contribution in [2.45, 2.75) is 19.4 Å². The highest BCUT2D eigenvalue weighted by molar-refractivity contribution is 7.07. The van der Waals surface area contributed by atoms with Gasteiger partial charge in [0.2, 0.25) is 0 Å². The second kappa shape index (κ2) is 8.73. The van der Waals surface area contributed by atoms with Crippen molar-refractivity contribution in [3.63, 3.8) is 0 Å². The third-order valence-corrected chi connectivity index (χ3v) is 5.10. The van der Waals surface area contributed by atoms with Crippen molar-refractivity contribution in [3.8, 4) is 0 Å². The van der Waals surface area contributed by atoms with Crippen LogP contribution in [-0.4, -0.2) is 41.3 Å². The van der Waals surface area contributed by atoms with E-state index in [1.54, 1.807) is 29.7 Å². The van der Waals surface area contributed by atoms with Crippen molar-refractivity contribution in [3.05, 3.63) is 46.9 Å². The van der Waals surface area contributed by atoms with E-state index in [1.807, 2.05) is 0 Å². The van der Waals surface area contributed by atoms with Gasteiger partial charge in [-0.15, -0.1) is 0 Å². The molecule has 2 amide bonds. The number of likely N-dealkylation sites (tertiary alicyclic amines) is 1. The van der Waals surface area contributed by atoms with Gasteiger partial charge in [0.05, 0.1) is 11.9 Å². The molecule has 1 fully saturated rings. The first kappa shape index (κ1) is 17.6. The second-order valence-electron chi connectivity index (χ2n) is 6.26. The fraction of sp³-hybridized carbons (Fsp3) is 0.389. The van der Waals surface area contributed by atoms with Crippen molar-refractivity contribution in [1.29, 1.82) is 0 Å². The maximum Gasteiger partial charge on any atom is 0.313 e. The van der Waals surface area contributed by atoms with E-state index in [0.29, 0.717) is 18.2 Å². The number of piperidine rings is 1. The third kappa shape index (κ3) is 5.37. The van der Waals surface area contributed by atoms with Gasteiger partial charge in [-0.2, -0.15) is 11.3 Å². The minimum Gasteiger partial charge on any atom is -0.348 e. The monoisotopic (exact) mass is 358 g/mol. The first-order valence-corrected chi connectivity index (χ1v) is 9.37. The Hall–Kier alpha value is -2.25. The third-order valence-electron chi connectivity index (χ3n) is 4.37. The van der Waals surface area contributed by atoms with Crippen molar-refractivity contribution in [2.75, 3.05) is 25.0 Å². The highest BCUT2D eigenvalue weighted by atomic mass is 32.1.